The standard InChI is InChI=1S/C24H25N3O6S/c1-18(2)33-22-13-11-19(12-14-22)16-25-24(28)17-26(20-7-6-8-21(15-20)27(29)30)34(31,32)23-9-4-3-5-10-23/h3-15,18H,16-17H2,1-2H3,(H,25,28). The number of benzene rings is 3. The van der Waals surface area contributed by atoms with Gasteiger partial charge in [-0.2, -0.15) is 0 Å². The average Bonchev–Trinajstić information content (AvgIpc) is 2.82. The molecular formula is C24H25N3O6S. The Morgan fingerprint density at radius 2 is 1.71 bits per heavy atom. The van der Waals surface area contributed by atoms with Crippen molar-refractivity contribution in [3.8, 4) is 5.75 Å². The van der Waals surface area contributed by atoms with Crippen molar-refractivity contribution in [3.05, 3.63) is 94.5 Å². The van der Waals surface area contributed by atoms with E-state index in [9.17, 15) is 23.3 Å². The molecule has 3 rings (SSSR count). The molecule has 0 aliphatic heterocycles. The van der Waals surface area contributed by atoms with Crippen LogP contribution in [0.15, 0.2) is 83.8 Å². The summed E-state index contributed by atoms with van der Waals surface area (Å²) in [6.45, 7) is 3.47. The first-order chi connectivity index (χ1) is 16.2. The molecule has 1 amide bonds. The first-order valence-corrected chi connectivity index (χ1v) is 12.0. The van der Waals surface area contributed by atoms with E-state index in [1.165, 1.54) is 30.3 Å². The van der Waals surface area contributed by atoms with Crippen LogP contribution in [0.25, 0.3) is 0 Å². The molecule has 0 bridgehead atoms. The lowest BCUT2D eigenvalue weighted by molar-refractivity contribution is -0.384. The van der Waals surface area contributed by atoms with E-state index in [0.717, 1.165) is 15.9 Å². The first kappa shape index (κ1) is 24.7. The van der Waals surface area contributed by atoms with Crippen LogP contribution >= 0.6 is 0 Å². The van der Waals surface area contributed by atoms with Gasteiger partial charge in [-0.3, -0.25) is 19.2 Å². The third kappa shape index (κ3) is 6.32. The molecule has 0 saturated carbocycles. The summed E-state index contributed by atoms with van der Waals surface area (Å²) in [7, 11) is -4.16. The van der Waals surface area contributed by atoms with Gasteiger partial charge in [0, 0.05) is 18.7 Å². The van der Waals surface area contributed by atoms with Gasteiger partial charge in [0.2, 0.25) is 5.91 Å². The maximum atomic E-state index is 13.3. The van der Waals surface area contributed by atoms with Crippen LogP contribution in [0, 0.1) is 10.1 Å². The van der Waals surface area contributed by atoms with E-state index in [0.29, 0.717) is 5.75 Å². The summed E-state index contributed by atoms with van der Waals surface area (Å²) < 4.78 is 33.1. The van der Waals surface area contributed by atoms with Gasteiger partial charge in [-0.15, -0.1) is 0 Å². The molecule has 0 spiro atoms. The zero-order chi connectivity index (χ0) is 24.7. The molecule has 0 atom stereocenters. The van der Waals surface area contributed by atoms with Crippen molar-refractivity contribution in [2.45, 2.75) is 31.4 Å². The summed E-state index contributed by atoms with van der Waals surface area (Å²) in [5.74, 6) is 0.143. The van der Waals surface area contributed by atoms with Gasteiger partial charge in [-0.05, 0) is 49.7 Å². The second-order valence-corrected chi connectivity index (χ2v) is 9.55. The number of amides is 1. The minimum atomic E-state index is -4.16. The molecule has 0 aromatic heterocycles. The number of sulfonamides is 1. The van der Waals surface area contributed by atoms with Crippen LogP contribution in [0.5, 0.6) is 5.75 Å². The van der Waals surface area contributed by atoms with E-state index in [1.54, 1.807) is 42.5 Å². The van der Waals surface area contributed by atoms with Crippen LogP contribution in [0.2, 0.25) is 0 Å². The highest BCUT2D eigenvalue weighted by atomic mass is 32.2. The topological polar surface area (TPSA) is 119 Å². The van der Waals surface area contributed by atoms with Gasteiger partial charge in [-0.1, -0.05) is 36.4 Å². The third-order valence-corrected chi connectivity index (χ3v) is 6.52. The van der Waals surface area contributed by atoms with Crippen molar-refractivity contribution >= 4 is 27.3 Å². The second-order valence-electron chi connectivity index (χ2n) is 7.69. The van der Waals surface area contributed by atoms with Gasteiger partial charge < -0.3 is 10.1 Å². The molecule has 0 fully saturated rings. The maximum Gasteiger partial charge on any atom is 0.271 e. The number of rotatable bonds is 10. The predicted molar refractivity (Wildman–Crippen MR) is 128 cm³/mol. The number of hydrogen-bond acceptors (Lipinski definition) is 6. The van der Waals surface area contributed by atoms with E-state index in [2.05, 4.69) is 5.32 Å². The number of nitrogens with one attached hydrogen (secondary N) is 1. The lowest BCUT2D eigenvalue weighted by Crippen LogP contribution is -2.40. The van der Waals surface area contributed by atoms with E-state index in [1.807, 2.05) is 13.8 Å². The quantitative estimate of drug-likeness (QED) is 0.345. The molecule has 0 heterocycles. The van der Waals surface area contributed by atoms with Gasteiger partial charge in [0.15, 0.2) is 0 Å². The summed E-state index contributed by atoms with van der Waals surface area (Å²) in [5.41, 5.74) is 0.538. The van der Waals surface area contributed by atoms with Crippen LogP contribution in [-0.2, 0) is 21.4 Å². The Morgan fingerprint density at radius 1 is 1.03 bits per heavy atom. The van der Waals surface area contributed by atoms with E-state index < -0.39 is 27.4 Å². The number of carbonyl (C=O) groups is 1. The molecule has 3 aromatic rings. The van der Waals surface area contributed by atoms with Crippen molar-refractivity contribution in [1.29, 1.82) is 0 Å². The lowest BCUT2D eigenvalue weighted by Gasteiger charge is -2.24. The Kier molecular flexibility index (Phi) is 7.85. The summed E-state index contributed by atoms with van der Waals surface area (Å²) in [5, 5.41) is 13.9. The third-order valence-electron chi connectivity index (χ3n) is 4.73. The number of nitro groups is 1. The molecule has 10 heteroatoms. The lowest BCUT2D eigenvalue weighted by atomic mass is 10.2. The molecular weight excluding hydrogens is 458 g/mol. The number of ether oxygens (including phenoxy) is 1. The minimum Gasteiger partial charge on any atom is -0.491 e. The van der Waals surface area contributed by atoms with Gasteiger partial charge in [0.05, 0.1) is 21.6 Å². The van der Waals surface area contributed by atoms with Crippen LogP contribution in [0.1, 0.15) is 19.4 Å². The smallest absolute Gasteiger partial charge is 0.271 e. The highest BCUT2D eigenvalue weighted by Gasteiger charge is 2.28. The van der Waals surface area contributed by atoms with Crippen molar-refractivity contribution in [3.63, 3.8) is 0 Å². The fourth-order valence-corrected chi connectivity index (χ4v) is 4.58. The zero-order valence-corrected chi connectivity index (χ0v) is 19.6. The number of hydrogen-bond donors (Lipinski definition) is 1. The Hall–Kier alpha value is -3.92. The average molecular weight is 484 g/mol. The normalized spacial score (nSPS) is 11.1. The Morgan fingerprint density at radius 3 is 2.32 bits per heavy atom. The van der Waals surface area contributed by atoms with Crippen LogP contribution in [0.3, 0.4) is 0 Å². The Bertz CT molecular complexity index is 1250. The van der Waals surface area contributed by atoms with Crippen molar-refractivity contribution in [1.82, 2.24) is 5.32 Å². The van der Waals surface area contributed by atoms with E-state index >= 15 is 0 Å². The van der Waals surface area contributed by atoms with Gasteiger partial charge in [0.25, 0.3) is 15.7 Å². The maximum absolute atomic E-state index is 13.3. The summed E-state index contributed by atoms with van der Waals surface area (Å²) in [6.07, 6.45) is 0.0388. The van der Waals surface area contributed by atoms with Crippen molar-refractivity contribution < 1.29 is 22.9 Å². The van der Waals surface area contributed by atoms with Gasteiger partial charge in [-0.25, -0.2) is 8.42 Å². The fourth-order valence-electron chi connectivity index (χ4n) is 3.14. The molecule has 0 unspecified atom stereocenters. The molecule has 9 nitrogen and oxygen atoms in total. The monoisotopic (exact) mass is 483 g/mol. The van der Waals surface area contributed by atoms with E-state index in [-0.39, 0.29) is 28.9 Å². The second kappa shape index (κ2) is 10.8. The number of anilines is 1. The first-order valence-electron chi connectivity index (χ1n) is 10.5. The van der Waals surface area contributed by atoms with Gasteiger partial charge in [0.1, 0.15) is 12.3 Å². The minimum absolute atomic E-state index is 0.0170. The summed E-state index contributed by atoms with van der Waals surface area (Å²) >= 11 is 0. The number of carbonyl (C=O) groups excluding carboxylic acids is 1. The zero-order valence-electron chi connectivity index (χ0n) is 18.7. The van der Waals surface area contributed by atoms with E-state index in [4.69, 9.17) is 4.74 Å². The summed E-state index contributed by atoms with van der Waals surface area (Å²) in [4.78, 5) is 23.3. The Labute approximate surface area is 198 Å². The highest BCUT2D eigenvalue weighted by molar-refractivity contribution is 7.92. The van der Waals surface area contributed by atoms with Gasteiger partial charge >= 0.3 is 0 Å². The highest BCUT2D eigenvalue weighted by Crippen LogP contribution is 2.26. The molecule has 3 aromatic carbocycles. The Balaban J connectivity index is 1.81. The fraction of sp³-hybridized carbons (Fsp3) is 0.208. The van der Waals surface area contributed by atoms with Crippen molar-refractivity contribution in [2.24, 2.45) is 0 Å². The number of nitrogens with zero attached hydrogens (tertiary/aromatic N) is 2. The van der Waals surface area contributed by atoms with Crippen LogP contribution in [0.4, 0.5) is 11.4 Å². The van der Waals surface area contributed by atoms with Crippen molar-refractivity contribution in [2.75, 3.05) is 10.8 Å². The largest absolute Gasteiger partial charge is 0.491 e. The van der Waals surface area contributed by atoms with Crippen LogP contribution < -0.4 is 14.4 Å². The molecule has 1 N–H and O–H groups in total. The molecule has 0 radical (unpaired) electrons. The molecule has 178 valence electrons. The number of non-ortho nitro benzene ring substituents is 1. The molecule has 0 aliphatic carbocycles. The SMILES string of the molecule is CC(C)Oc1ccc(CNC(=O)CN(c2cccc([N+](=O)[O-])c2)S(=O)(=O)c2ccccc2)cc1. The molecule has 0 saturated heterocycles. The molecule has 0 aliphatic rings. The summed E-state index contributed by atoms with van der Waals surface area (Å²) in [6, 6.07) is 19.9. The number of nitro benzene ring substituents is 1. The molecule has 34 heavy (non-hydrogen) atoms. The van der Waals surface area contributed by atoms with Crippen LogP contribution in [-0.4, -0.2) is 31.9 Å². The predicted octanol–water partition coefficient (Wildman–Crippen LogP) is 3.89.